The van der Waals surface area contributed by atoms with Crippen molar-refractivity contribution in [2.24, 2.45) is 0 Å². The van der Waals surface area contributed by atoms with E-state index in [4.69, 9.17) is 16.3 Å². The molecule has 86 valence electrons. The second-order valence-corrected chi connectivity index (χ2v) is 3.33. The Labute approximate surface area is 97.9 Å². The molecular weight excluding hydrogens is 232 g/mol. The Bertz CT molecular complexity index is 432. The van der Waals surface area contributed by atoms with Crippen LogP contribution in [0.15, 0.2) is 18.3 Å². The first-order chi connectivity index (χ1) is 7.60. The maximum Gasteiger partial charge on any atom is 0.307 e. The smallest absolute Gasteiger partial charge is 0.307 e. The topological polar surface area (TPSA) is 65.3 Å². The minimum atomic E-state index is -0.571. The third-order valence-corrected chi connectivity index (χ3v) is 2.20. The molecule has 0 saturated heterocycles. The lowest BCUT2D eigenvalue weighted by atomic mass is 10.2. The molecule has 16 heavy (non-hydrogen) atoms. The van der Waals surface area contributed by atoms with Crippen LogP contribution < -0.4 is 0 Å². The van der Waals surface area contributed by atoms with Crippen molar-refractivity contribution in [2.45, 2.75) is 13.3 Å². The SMILES string of the molecule is CC/C=C(\OC)c1cnc(Cl)c([N+](=O)[O-])c1. The minimum absolute atomic E-state index is 0.124. The van der Waals surface area contributed by atoms with Crippen molar-refractivity contribution in [1.29, 1.82) is 0 Å². The molecule has 0 amide bonds. The van der Waals surface area contributed by atoms with Gasteiger partial charge in [-0.3, -0.25) is 10.1 Å². The van der Waals surface area contributed by atoms with Gasteiger partial charge in [0.05, 0.1) is 12.0 Å². The highest BCUT2D eigenvalue weighted by molar-refractivity contribution is 6.31. The van der Waals surface area contributed by atoms with Crippen LogP contribution in [0.1, 0.15) is 18.9 Å². The summed E-state index contributed by atoms with van der Waals surface area (Å²) in [4.78, 5) is 13.8. The lowest BCUT2D eigenvalue weighted by Gasteiger charge is -2.05. The highest BCUT2D eigenvalue weighted by Gasteiger charge is 2.16. The van der Waals surface area contributed by atoms with Gasteiger partial charge >= 0.3 is 5.69 Å². The molecular formula is C10H11ClN2O3. The lowest BCUT2D eigenvalue weighted by Crippen LogP contribution is -1.95. The Morgan fingerprint density at radius 3 is 2.94 bits per heavy atom. The molecule has 1 heterocycles. The van der Waals surface area contributed by atoms with Crippen molar-refractivity contribution < 1.29 is 9.66 Å². The molecule has 1 aromatic heterocycles. The molecule has 0 aliphatic heterocycles. The van der Waals surface area contributed by atoms with Gasteiger partial charge < -0.3 is 4.74 Å². The van der Waals surface area contributed by atoms with E-state index in [0.29, 0.717) is 11.3 Å². The Hall–Kier alpha value is -1.62. The zero-order valence-electron chi connectivity index (χ0n) is 8.94. The minimum Gasteiger partial charge on any atom is -0.496 e. The van der Waals surface area contributed by atoms with Crippen LogP contribution in [-0.4, -0.2) is 17.0 Å². The second-order valence-electron chi connectivity index (χ2n) is 2.97. The molecule has 1 rings (SSSR count). The molecule has 0 unspecified atom stereocenters. The number of allylic oxidation sites excluding steroid dienone is 1. The number of hydrogen-bond acceptors (Lipinski definition) is 4. The zero-order valence-corrected chi connectivity index (χ0v) is 9.69. The summed E-state index contributed by atoms with van der Waals surface area (Å²) in [6.45, 7) is 1.94. The molecule has 0 aliphatic rings. The third kappa shape index (κ3) is 2.70. The predicted molar refractivity (Wildman–Crippen MR) is 61.2 cm³/mol. The molecule has 0 aliphatic carbocycles. The molecule has 0 bridgehead atoms. The molecule has 0 aromatic carbocycles. The summed E-state index contributed by atoms with van der Waals surface area (Å²) in [6.07, 6.45) is 4.02. The van der Waals surface area contributed by atoms with E-state index in [9.17, 15) is 10.1 Å². The Morgan fingerprint density at radius 2 is 2.44 bits per heavy atom. The van der Waals surface area contributed by atoms with E-state index in [0.717, 1.165) is 6.42 Å². The van der Waals surface area contributed by atoms with Crippen LogP contribution in [0.3, 0.4) is 0 Å². The first kappa shape index (κ1) is 12.4. The Kier molecular flexibility index (Phi) is 4.25. The van der Waals surface area contributed by atoms with Gasteiger partial charge in [-0.25, -0.2) is 4.98 Å². The molecule has 1 aromatic rings. The molecule has 5 nitrogen and oxygen atoms in total. The summed E-state index contributed by atoms with van der Waals surface area (Å²) < 4.78 is 5.11. The summed E-state index contributed by atoms with van der Waals surface area (Å²) in [7, 11) is 1.50. The maximum absolute atomic E-state index is 10.7. The van der Waals surface area contributed by atoms with Crippen molar-refractivity contribution in [3.8, 4) is 0 Å². The number of halogens is 1. The first-order valence-corrected chi connectivity index (χ1v) is 5.02. The molecule has 0 spiro atoms. The van der Waals surface area contributed by atoms with Crippen LogP contribution in [0.25, 0.3) is 5.76 Å². The van der Waals surface area contributed by atoms with Crippen LogP contribution >= 0.6 is 11.6 Å². The van der Waals surface area contributed by atoms with Crippen molar-refractivity contribution in [3.63, 3.8) is 0 Å². The quantitative estimate of drug-likeness (QED) is 0.352. The van der Waals surface area contributed by atoms with Gasteiger partial charge in [0.1, 0.15) is 5.76 Å². The van der Waals surface area contributed by atoms with E-state index in [2.05, 4.69) is 4.98 Å². The van der Waals surface area contributed by atoms with Crippen LogP contribution in [0.5, 0.6) is 0 Å². The van der Waals surface area contributed by atoms with E-state index in [-0.39, 0.29) is 10.8 Å². The fraction of sp³-hybridized carbons (Fsp3) is 0.300. The summed E-state index contributed by atoms with van der Waals surface area (Å²) in [5.41, 5.74) is 0.318. The monoisotopic (exact) mass is 242 g/mol. The predicted octanol–water partition coefficient (Wildman–Crippen LogP) is 3.04. The number of nitrogens with zero attached hydrogens (tertiary/aromatic N) is 2. The number of nitro groups is 1. The van der Waals surface area contributed by atoms with Crippen molar-refractivity contribution in [2.75, 3.05) is 7.11 Å². The number of aromatic nitrogens is 1. The highest BCUT2D eigenvalue weighted by Crippen LogP contribution is 2.26. The number of pyridine rings is 1. The third-order valence-electron chi connectivity index (χ3n) is 1.91. The van der Waals surface area contributed by atoms with Crippen LogP contribution in [0.4, 0.5) is 5.69 Å². The maximum atomic E-state index is 10.7. The highest BCUT2D eigenvalue weighted by atomic mass is 35.5. The van der Waals surface area contributed by atoms with Crippen molar-refractivity contribution in [1.82, 2.24) is 4.98 Å². The van der Waals surface area contributed by atoms with Crippen LogP contribution in [0.2, 0.25) is 5.15 Å². The van der Waals surface area contributed by atoms with Crippen LogP contribution in [0, 0.1) is 10.1 Å². The molecule has 0 radical (unpaired) electrons. The van der Waals surface area contributed by atoms with E-state index in [1.807, 2.05) is 13.0 Å². The summed E-state index contributed by atoms with van der Waals surface area (Å²) in [5.74, 6) is 0.551. The number of rotatable bonds is 4. The molecule has 6 heteroatoms. The summed E-state index contributed by atoms with van der Waals surface area (Å²) in [6, 6.07) is 1.35. The van der Waals surface area contributed by atoms with Gasteiger partial charge in [-0.05, 0) is 12.5 Å². The number of ether oxygens (including phenoxy) is 1. The molecule has 0 N–H and O–H groups in total. The fourth-order valence-corrected chi connectivity index (χ4v) is 1.38. The first-order valence-electron chi connectivity index (χ1n) is 4.64. The summed E-state index contributed by atoms with van der Waals surface area (Å²) in [5, 5.41) is 10.5. The van der Waals surface area contributed by atoms with E-state index in [1.165, 1.54) is 19.4 Å². The average molecular weight is 243 g/mol. The summed E-state index contributed by atoms with van der Waals surface area (Å²) >= 11 is 5.60. The Morgan fingerprint density at radius 1 is 1.75 bits per heavy atom. The van der Waals surface area contributed by atoms with Gasteiger partial charge in [-0.15, -0.1) is 0 Å². The normalized spacial score (nSPS) is 11.3. The largest absolute Gasteiger partial charge is 0.496 e. The van der Waals surface area contributed by atoms with Gasteiger partial charge in [0.2, 0.25) is 5.15 Å². The van der Waals surface area contributed by atoms with Crippen LogP contribution in [-0.2, 0) is 4.74 Å². The van der Waals surface area contributed by atoms with Crippen molar-refractivity contribution >= 4 is 23.0 Å². The van der Waals surface area contributed by atoms with E-state index < -0.39 is 4.92 Å². The zero-order chi connectivity index (χ0) is 12.1. The van der Waals surface area contributed by atoms with Gasteiger partial charge in [-0.2, -0.15) is 0 Å². The average Bonchev–Trinajstić information content (AvgIpc) is 2.26. The fourth-order valence-electron chi connectivity index (χ4n) is 1.20. The number of methoxy groups -OCH3 is 1. The molecule has 0 saturated carbocycles. The lowest BCUT2D eigenvalue weighted by molar-refractivity contribution is -0.385. The van der Waals surface area contributed by atoms with E-state index in [1.54, 1.807) is 0 Å². The van der Waals surface area contributed by atoms with E-state index >= 15 is 0 Å². The van der Waals surface area contributed by atoms with Gasteiger partial charge in [0, 0.05) is 17.8 Å². The number of hydrogen-bond donors (Lipinski definition) is 0. The molecule has 0 fully saturated rings. The van der Waals surface area contributed by atoms with Crippen molar-refractivity contribution in [3.05, 3.63) is 39.2 Å². The van der Waals surface area contributed by atoms with Gasteiger partial charge in [0.15, 0.2) is 0 Å². The van der Waals surface area contributed by atoms with Gasteiger partial charge in [-0.1, -0.05) is 18.5 Å². The standard InChI is InChI=1S/C10H11ClN2O3/c1-3-4-9(16-2)7-5-8(13(14)15)10(11)12-6-7/h4-6H,3H2,1-2H3/b9-4-. The Balaban J connectivity index is 3.21. The second kappa shape index (κ2) is 5.46. The molecule has 0 atom stereocenters. The van der Waals surface area contributed by atoms with Gasteiger partial charge in [0.25, 0.3) is 0 Å².